The number of nitrogens with one attached hydrogen (secondary N) is 1. The van der Waals surface area contributed by atoms with Crippen molar-refractivity contribution in [3.63, 3.8) is 0 Å². The number of hydrogen-bond acceptors (Lipinski definition) is 3. The van der Waals surface area contributed by atoms with Crippen LogP contribution >= 0.6 is 0 Å². The fraction of sp³-hybridized carbons (Fsp3) is 0.250. The first-order chi connectivity index (χ1) is 9.55. The zero-order valence-corrected chi connectivity index (χ0v) is 11.6. The Balaban J connectivity index is 2.22. The maximum Gasteiger partial charge on any atom is 0.253 e. The second-order valence-electron chi connectivity index (χ2n) is 5.00. The van der Waals surface area contributed by atoms with Crippen LogP contribution in [0.15, 0.2) is 48.7 Å². The molecule has 1 unspecified atom stereocenters. The molecule has 0 saturated carbocycles. The van der Waals surface area contributed by atoms with Crippen molar-refractivity contribution in [3.8, 4) is 0 Å². The van der Waals surface area contributed by atoms with Crippen LogP contribution in [0.3, 0.4) is 0 Å². The summed E-state index contributed by atoms with van der Waals surface area (Å²) in [5.74, 6) is -0.252. The molecule has 1 aromatic carbocycles. The van der Waals surface area contributed by atoms with Crippen LogP contribution in [-0.4, -0.2) is 22.6 Å². The summed E-state index contributed by atoms with van der Waals surface area (Å²) in [4.78, 5) is 16.3. The molecule has 0 aliphatic carbocycles. The van der Waals surface area contributed by atoms with Crippen molar-refractivity contribution < 1.29 is 9.90 Å². The summed E-state index contributed by atoms with van der Waals surface area (Å²) >= 11 is 0. The van der Waals surface area contributed by atoms with E-state index in [1.54, 1.807) is 19.1 Å². The number of rotatable bonds is 4. The lowest BCUT2D eigenvalue weighted by atomic mass is 9.92. The van der Waals surface area contributed by atoms with Gasteiger partial charge in [0.25, 0.3) is 5.91 Å². The zero-order chi connectivity index (χ0) is 14.6. The zero-order valence-electron chi connectivity index (χ0n) is 11.6. The third-order valence-corrected chi connectivity index (χ3v) is 3.29. The van der Waals surface area contributed by atoms with E-state index in [2.05, 4.69) is 10.3 Å². The molecule has 0 saturated heterocycles. The largest absolute Gasteiger partial charge is 0.394 e. The first-order valence-electron chi connectivity index (χ1n) is 6.47. The summed E-state index contributed by atoms with van der Waals surface area (Å²) in [7, 11) is 0. The molecule has 4 nitrogen and oxygen atoms in total. The van der Waals surface area contributed by atoms with Crippen LogP contribution in [-0.2, 0) is 5.54 Å². The van der Waals surface area contributed by atoms with Crippen LogP contribution < -0.4 is 5.32 Å². The average molecular weight is 270 g/mol. The first-order valence-corrected chi connectivity index (χ1v) is 6.47. The van der Waals surface area contributed by atoms with Crippen LogP contribution in [0.1, 0.15) is 28.5 Å². The highest BCUT2D eigenvalue weighted by Crippen LogP contribution is 2.20. The van der Waals surface area contributed by atoms with Gasteiger partial charge in [0.2, 0.25) is 0 Å². The van der Waals surface area contributed by atoms with Crippen molar-refractivity contribution in [2.75, 3.05) is 6.61 Å². The topological polar surface area (TPSA) is 62.2 Å². The molecule has 0 aliphatic heterocycles. The third-order valence-electron chi connectivity index (χ3n) is 3.29. The van der Waals surface area contributed by atoms with Crippen molar-refractivity contribution in [2.45, 2.75) is 19.4 Å². The number of aromatic nitrogens is 1. The number of nitrogens with zero attached hydrogens (tertiary/aromatic N) is 1. The number of amides is 1. The first kappa shape index (κ1) is 14.2. The molecule has 1 atom stereocenters. The van der Waals surface area contributed by atoms with Gasteiger partial charge in [-0.05, 0) is 31.5 Å². The molecular formula is C16H18N2O2. The van der Waals surface area contributed by atoms with Gasteiger partial charge in [0, 0.05) is 11.9 Å². The van der Waals surface area contributed by atoms with Gasteiger partial charge in [-0.25, -0.2) is 0 Å². The summed E-state index contributed by atoms with van der Waals surface area (Å²) in [6.07, 6.45) is 1.54. The molecule has 0 spiro atoms. The van der Waals surface area contributed by atoms with E-state index in [-0.39, 0.29) is 12.5 Å². The number of aryl methyl sites for hydroxylation is 1. The molecule has 1 heterocycles. The van der Waals surface area contributed by atoms with Gasteiger partial charge in [0.05, 0.1) is 17.7 Å². The van der Waals surface area contributed by atoms with Crippen LogP contribution in [0, 0.1) is 6.92 Å². The summed E-state index contributed by atoms with van der Waals surface area (Å²) in [5, 5.41) is 12.5. The number of aliphatic hydroxyl groups is 1. The normalized spacial score (nSPS) is 13.6. The van der Waals surface area contributed by atoms with Gasteiger partial charge in [0.15, 0.2) is 0 Å². The lowest BCUT2D eigenvalue weighted by molar-refractivity contribution is 0.0849. The molecule has 2 rings (SSSR count). The highest BCUT2D eigenvalue weighted by atomic mass is 16.3. The van der Waals surface area contributed by atoms with Crippen LogP contribution in [0.25, 0.3) is 0 Å². The molecule has 0 fully saturated rings. The monoisotopic (exact) mass is 270 g/mol. The Morgan fingerprint density at radius 1 is 1.25 bits per heavy atom. The Kier molecular flexibility index (Phi) is 4.15. The minimum absolute atomic E-state index is 0.179. The highest BCUT2D eigenvalue weighted by molar-refractivity contribution is 5.94. The number of pyridine rings is 1. The number of aliphatic hydroxyl groups excluding tert-OH is 1. The Morgan fingerprint density at radius 3 is 2.50 bits per heavy atom. The minimum atomic E-state index is -0.816. The van der Waals surface area contributed by atoms with Crippen LogP contribution in [0.5, 0.6) is 0 Å². The lowest BCUT2D eigenvalue weighted by Gasteiger charge is -2.29. The van der Waals surface area contributed by atoms with E-state index in [1.807, 2.05) is 37.3 Å². The van der Waals surface area contributed by atoms with Crippen LogP contribution in [0.4, 0.5) is 0 Å². The van der Waals surface area contributed by atoms with Crippen molar-refractivity contribution in [3.05, 3.63) is 65.5 Å². The second kappa shape index (κ2) is 5.84. The van der Waals surface area contributed by atoms with Crippen LogP contribution in [0.2, 0.25) is 0 Å². The van der Waals surface area contributed by atoms with Crippen molar-refractivity contribution in [1.29, 1.82) is 0 Å². The van der Waals surface area contributed by atoms with Gasteiger partial charge in [-0.15, -0.1) is 0 Å². The van der Waals surface area contributed by atoms with Gasteiger partial charge < -0.3 is 10.4 Å². The number of carbonyl (C=O) groups excluding carboxylic acids is 1. The molecule has 2 aromatic rings. The summed E-state index contributed by atoms with van der Waals surface area (Å²) in [6.45, 7) is 3.48. The predicted octanol–water partition coefficient (Wildman–Crippen LogP) is 2.03. The van der Waals surface area contributed by atoms with Gasteiger partial charge in [-0.2, -0.15) is 0 Å². The van der Waals surface area contributed by atoms with E-state index in [0.29, 0.717) is 5.56 Å². The summed E-state index contributed by atoms with van der Waals surface area (Å²) in [5.41, 5.74) is 1.38. The highest BCUT2D eigenvalue weighted by Gasteiger charge is 2.28. The second-order valence-corrected chi connectivity index (χ2v) is 5.00. The lowest BCUT2D eigenvalue weighted by Crippen LogP contribution is -2.46. The summed E-state index contributed by atoms with van der Waals surface area (Å²) < 4.78 is 0. The molecule has 0 bridgehead atoms. The molecule has 2 N–H and O–H groups in total. The molecule has 20 heavy (non-hydrogen) atoms. The molecule has 0 aliphatic rings. The van der Waals surface area contributed by atoms with E-state index in [9.17, 15) is 9.90 Å². The van der Waals surface area contributed by atoms with Gasteiger partial charge in [-0.1, -0.05) is 30.3 Å². The van der Waals surface area contributed by atoms with E-state index in [0.717, 1.165) is 11.3 Å². The van der Waals surface area contributed by atoms with E-state index >= 15 is 0 Å². The van der Waals surface area contributed by atoms with Gasteiger partial charge in [-0.3, -0.25) is 9.78 Å². The van der Waals surface area contributed by atoms with E-state index in [4.69, 9.17) is 0 Å². The van der Waals surface area contributed by atoms with E-state index < -0.39 is 5.54 Å². The summed E-state index contributed by atoms with van der Waals surface area (Å²) in [6, 6.07) is 12.9. The van der Waals surface area contributed by atoms with Crippen molar-refractivity contribution in [2.24, 2.45) is 0 Å². The predicted molar refractivity (Wildman–Crippen MR) is 77.3 cm³/mol. The maximum atomic E-state index is 12.2. The fourth-order valence-electron chi connectivity index (χ4n) is 1.93. The number of carbonyl (C=O) groups is 1. The molecular weight excluding hydrogens is 252 g/mol. The Hall–Kier alpha value is -2.20. The Bertz CT molecular complexity index is 581. The molecule has 4 heteroatoms. The molecule has 0 radical (unpaired) electrons. The molecule has 1 amide bonds. The third kappa shape index (κ3) is 3.03. The minimum Gasteiger partial charge on any atom is -0.394 e. The Morgan fingerprint density at radius 2 is 1.95 bits per heavy atom. The number of hydrogen-bond donors (Lipinski definition) is 2. The maximum absolute atomic E-state index is 12.2. The SMILES string of the molecule is Cc1ccc(C(=O)NC(C)(CO)c2ccccc2)cn1. The Labute approximate surface area is 118 Å². The molecule has 1 aromatic heterocycles. The smallest absolute Gasteiger partial charge is 0.253 e. The van der Waals surface area contributed by atoms with Gasteiger partial charge >= 0.3 is 0 Å². The van der Waals surface area contributed by atoms with E-state index in [1.165, 1.54) is 6.20 Å². The quantitative estimate of drug-likeness (QED) is 0.893. The van der Waals surface area contributed by atoms with Gasteiger partial charge in [0.1, 0.15) is 0 Å². The fourth-order valence-corrected chi connectivity index (χ4v) is 1.93. The molecule has 104 valence electrons. The van der Waals surface area contributed by atoms with Crippen molar-refractivity contribution in [1.82, 2.24) is 10.3 Å². The standard InChI is InChI=1S/C16H18N2O2/c1-12-8-9-13(10-17-12)15(20)18-16(2,11-19)14-6-4-3-5-7-14/h3-10,19H,11H2,1-2H3,(H,18,20). The van der Waals surface area contributed by atoms with Crippen molar-refractivity contribution >= 4 is 5.91 Å². The number of benzene rings is 1. The average Bonchev–Trinajstić information content (AvgIpc) is 2.48.